The molecule has 2 heterocycles. The number of piperazine rings is 1. The van der Waals surface area contributed by atoms with E-state index >= 15 is 0 Å². The Morgan fingerprint density at radius 1 is 1.38 bits per heavy atom. The Balaban J connectivity index is 2.22. The van der Waals surface area contributed by atoms with Crippen molar-refractivity contribution in [3.8, 4) is 0 Å². The molecule has 1 N–H and O–H groups in total. The monoisotopic (exact) mass is 304 g/mol. The van der Waals surface area contributed by atoms with Gasteiger partial charge in [0.15, 0.2) is 0 Å². The Morgan fingerprint density at radius 2 is 2.05 bits per heavy atom. The number of H-pyrrole nitrogens is 1. The minimum Gasteiger partial charge on any atom is -0.334 e. The first-order valence-electron chi connectivity index (χ1n) is 6.34. The maximum atomic E-state index is 13.0. The molecule has 0 bridgehead atoms. The molecule has 1 fully saturated rings. The minimum absolute atomic E-state index is 0.0766. The number of aromatic nitrogens is 2. The second-order valence-corrected chi connectivity index (χ2v) is 5.09. The van der Waals surface area contributed by atoms with Crippen molar-refractivity contribution in [2.24, 2.45) is 0 Å². The van der Waals surface area contributed by atoms with Crippen LogP contribution in [0.25, 0.3) is 0 Å². The summed E-state index contributed by atoms with van der Waals surface area (Å²) in [6.07, 6.45) is -4.42. The van der Waals surface area contributed by atoms with Crippen molar-refractivity contribution in [2.45, 2.75) is 25.2 Å². The molecule has 2 rings (SSSR count). The van der Waals surface area contributed by atoms with Crippen LogP contribution in [0, 0.1) is 0 Å². The average Bonchev–Trinajstić information content (AvgIpc) is 2.40. The van der Waals surface area contributed by atoms with Gasteiger partial charge in [-0.1, -0.05) is 0 Å². The number of hydrogen-bond acceptors (Lipinski definition) is 4. The maximum Gasteiger partial charge on any atom is 0.405 e. The fourth-order valence-corrected chi connectivity index (χ4v) is 2.29. The van der Waals surface area contributed by atoms with Gasteiger partial charge in [0.25, 0.3) is 11.5 Å². The zero-order valence-corrected chi connectivity index (χ0v) is 11.5. The van der Waals surface area contributed by atoms with Gasteiger partial charge in [-0.05, 0) is 20.0 Å². The van der Waals surface area contributed by atoms with Gasteiger partial charge in [0.1, 0.15) is 11.7 Å². The predicted octanol–water partition coefficient (Wildman–Crippen LogP) is 0.477. The highest BCUT2D eigenvalue weighted by atomic mass is 19.4. The lowest BCUT2D eigenvalue weighted by Crippen LogP contribution is -2.62. The number of nitrogens with zero attached hydrogens (tertiary/aromatic N) is 3. The second-order valence-electron chi connectivity index (χ2n) is 5.09. The molecule has 1 aliphatic heterocycles. The van der Waals surface area contributed by atoms with E-state index in [9.17, 15) is 22.8 Å². The summed E-state index contributed by atoms with van der Waals surface area (Å²) in [7, 11) is 1.39. The summed E-state index contributed by atoms with van der Waals surface area (Å²) in [5.41, 5.74) is -0.557. The molecule has 0 aliphatic carbocycles. The van der Waals surface area contributed by atoms with Gasteiger partial charge in [0.2, 0.25) is 0 Å². The highest BCUT2D eigenvalue weighted by Gasteiger charge is 2.48. The molecule has 0 saturated carbocycles. The predicted molar refractivity (Wildman–Crippen MR) is 67.8 cm³/mol. The second kappa shape index (κ2) is 5.47. The lowest BCUT2D eigenvalue weighted by molar-refractivity contribution is -0.197. The molecule has 0 aromatic carbocycles. The van der Waals surface area contributed by atoms with E-state index in [4.69, 9.17) is 0 Å². The highest BCUT2D eigenvalue weighted by Crippen LogP contribution is 2.29. The van der Waals surface area contributed by atoms with Crippen LogP contribution in [0.1, 0.15) is 17.4 Å². The van der Waals surface area contributed by atoms with E-state index in [-0.39, 0.29) is 12.2 Å². The van der Waals surface area contributed by atoms with Crippen LogP contribution in [0.3, 0.4) is 0 Å². The third-order valence-electron chi connectivity index (χ3n) is 3.63. The molecule has 2 unspecified atom stereocenters. The number of carbonyl (C=O) groups is 1. The van der Waals surface area contributed by atoms with Gasteiger partial charge in [0, 0.05) is 25.2 Å². The number of alkyl halides is 3. The van der Waals surface area contributed by atoms with Gasteiger partial charge in [-0.3, -0.25) is 14.5 Å². The number of carbonyl (C=O) groups excluding carboxylic acids is 1. The zero-order valence-electron chi connectivity index (χ0n) is 11.5. The molecule has 1 aromatic heterocycles. The first-order chi connectivity index (χ1) is 9.70. The van der Waals surface area contributed by atoms with E-state index in [0.717, 1.165) is 11.0 Å². The van der Waals surface area contributed by atoms with Gasteiger partial charge >= 0.3 is 6.18 Å². The van der Waals surface area contributed by atoms with E-state index in [1.54, 1.807) is 6.92 Å². The molecule has 6 nitrogen and oxygen atoms in total. The van der Waals surface area contributed by atoms with Crippen LogP contribution in [0.15, 0.2) is 16.9 Å². The van der Waals surface area contributed by atoms with Crippen molar-refractivity contribution >= 4 is 5.91 Å². The van der Waals surface area contributed by atoms with Crippen LogP contribution < -0.4 is 5.56 Å². The molecule has 0 spiro atoms. The van der Waals surface area contributed by atoms with Gasteiger partial charge < -0.3 is 4.90 Å². The third kappa shape index (κ3) is 3.23. The Labute approximate surface area is 118 Å². The zero-order chi connectivity index (χ0) is 15.8. The highest BCUT2D eigenvalue weighted by molar-refractivity contribution is 5.92. The molecular formula is C12H15F3N4O2. The first-order valence-corrected chi connectivity index (χ1v) is 6.34. The number of halogens is 3. The summed E-state index contributed by atoms with van der Waals surface area (Å²) >= 11 is 0. The Bertz CT molecular complexity index is 566. The number of rotatable bonds is 1. The van der Waals surface area contributed by atoms with Crippen molar-refractivity contribution in [2.75, 3.05) is 20.1 Å². The van der Waals surface area contributed by atoms with Crippen LogP contribution in [0.2, 0.25) is 0 Å². The molecule has 1 amide bonds. The van der Waals surface area contributed by atoms with Crippen molar-refractivity contribution in [1.29, 1.82) is 0 Å². The van der Waals surface area contributed by atoms with E-state index in [0.29, 0.717) is 0 Å². The van der Waals surface area contributed by atoms with Crippen LogP contribution in [0.5, 0.6) is 0 Å². The number of aromatic amines is 1. The molecule has 21 heavy (non-hydrogen) atoms. The van der Waals surface area contributed by atoms with Crippen molar-refractivity contribution in [3.63, 3.8) is 0 Å². The van der Waals surface area contributed by atoms with Crippen molar-refractivity contribution in [1.82, 2.24) is 20.0 Å². The topological polar surface area (TPSA) is 69.3 Å². The molecule has 1 aliphatic rings. The van der Waals surface area contributed by atoms with Gasteiger partial charge in [-0.25, -0.2) is 5.10 Å². The molecule has 116 valence electrons. The van der Waals surface area contributed by atoms with Crippen molar-refractivity contribution in [3.05, 3.63) is 28.2 Å². The van der Waals surface area contributed by atoms with Crippen molar-refractivity contribution < 1.29 is 18.0 Å². The van der Waals surface area contributed by atoms with E-state index in [1.165, 1.54) is 18.0 Å². The summed E-state index contributed by atoms with van der Waals surface area (Å²) in [5.74, 6) is -0.625. The smallest absolute Gasteiger partial charge is 0.334 e. The first kappa shape index (κ1) is 15.5. The molecule has 2 atom stereocenters. The molecule has 0 radical (unpaired) electrons. The molecule has 9 heteroatoms. The number of likely N-dealkylation sites (N-methyl/N-ethyl adjacent to an activating group) is 1. The quantitative estimate of drug-likeness (QED) is 0.819. The average molecular weight is 304 g/mol. The molecule has 1 aromatic rings. The third-order valence-corrected chi connectivity index (χ3v) is 3.63. The summed E-state index contributed by atoms with van der Waals surface area (Å²) in [5, 5.41) is 5.66. The summed E-state index contributed by atoms with van der Waals surface area (Å²) in [4.78, 5) is 25.4. The van der Waals surface area contributed by atoms with Gasteiger partial charge in [-0.15, -0.1) is 0 Å². The fourth-order valence-electron chi connectivity index (χ4n) is 2.29. The SMILES string of the molecule is CC1CN(C(=O)c2ccc(=O)[nH]n2)CC(C(F)(F)F)N1C. The minimum atomic E-state index is -4.42. The van der Waals surface area contributed by atoms with Crippen LogP contribution >= 0.6 is 0 Å². The lowest BCUT2D eigenvalue weighted by atomic mass is 10.1. The van der Waals surface area contributed by atoms with Crippen LogP contribution in [-0.2, 0) is 0 Å². The van der Waals surface area contributed by atoms with Crippen LogP contribution in [-0.4, -0.2) is 64.3 Å². The summed E-state index contributed by atoms with van der Waals surface area (Å²) in [6.45, 7) is 1.34. The maximum absolute atomic E-state index is 13.0. The van der Waals surface area contributed by atoms with Gasteiger partial charge in [0.05, 0.1) is 0 Å². The Morgan fingerprint density at radius 3 is 2.57 bits per heavy atom. The largest absolute Gasteiger partial charge is 0.405 e. The molecular weight excluding hydrogens is 289 g/mol. The van der Waals surface area contributed by atoms with Gasteiger partial charge in [-0.2, -0.15) is 18.3 Å². The standard InChI is InChI=1S/C12H15F3N4O2/c1-7-5-19(6-9(18(7)2)12(13,14)15)11(21)8-3-4-10(20)17-16-8/h3-4,7,9H,5-6H2,1-2H3,(H,17,20). The lowest BCUT2D eigenvalue weighted by Gasteiger charge is -2.44. The number of nitrogens with one attached hydrogen (secondary N) is 1. The van der Waals surface area contributed by atoms with E-state index in [2.05, 4.69) is 10.2 Å². The summed E-state index contributed by atoms with van der Waals surface area (Å²) in [6, 6.07) is 0.165. The fraction of sp³-hybridized carbons (Fsp3) is 0.583. The molecule has 1 saturated heterocycles. The van der Waals surface area contributed by atoms with Crippen LogP contribution in [0.4, 0.5) is 13.2 Å². The number of amides is 1. The summed E-state index contributed by atoms with van der Waals surface area (Å²) < 4.78 is 39.0. The Kier molecular flexibility index (Phi) is 4.04. The van der Waals surface area contributed by atoms with E-state index in [1.807, 2.05) is 0 Å². The number of hydrogen-bond donors (Lipinski definition) is 1. The Hall–Kier alpha value is -1.90. The van der Waals surface area contributed by atoms with E-state index < -0.39 is 36.3 Å². The normalized spacial score (nSPS) is 24.1.